The third-order valence-electron chi connectivity index (χ3n) is 11.1. The van der Waals surface area contributed by atoms with Crippen LogP contribution in [-0.2, 0) is 0 Å². The molecule has 0 amide bonds. The van der Waals surface area contributed by atoms with Gasteiger partial charge < -0.3 is 9.13 Å². The second kappa shape index (κ2) is 12.2. The maximum atomic E-state index is 2.47. The van der Waals surface area contributed by atoms with Gasteiger partial charge in [0.25, 0.3) is 0 Å². The fourth-order valence-corrected chi connectivity index (χ4v) is 8.65. The number of rotatable bonds is 5. The molecule has 0 unspecified atom stereocenters. The van der Waals surface area contributed by atoms with E-state index in [1.807, 2.05) is 0 Å². The number of fused-ring (bicyclic) bond motifs is 9. The van der Waals surface area contributed by atoms with Crippen molar-refractivity contribution in [3.05, 3.63) is 206 Å². The van der Waals surface area contributed by atoms with Crippen molar-refractivity contribution in [2.45, 2.75) is 0 Å². The largest absolute Gasteiger partial charge is 0.309 e. The van der Waals surface area contributed by atoms with Crippen LogP contribution in [0.3, 0.4) is 0 Å². The van der Waals surface area contributed by atoms with Gasteiger partial charge in [0.05, 0.1) is 22.1 Å². The molecule has 2 heterocycles. The van der Waals surface area contributed by atoms with Crippen molar-refractivity contribution >= 4 is 54.4 Å². The molecule has 2 aromatic heterocycles. The van der Waals surface area contributed by atoms with Crippen LogP contribution in [-0.4, -0.2) is 9.13 Å². The molecule has 0 atom stereocenters. The third kappa shape index (κ3) is 4.74. The Bertz CT molecular complexity index is 3110. The number of aromatic nitrogens is 2. The molecule has 11 aromatic rings. The molecule has 0 saturated heterocycles. The number of hydrogen-bond donors (Lipinski definition) is 0. The maximum Gasteiger partial charge on any atom is 0.0619 e. The first-order valence-corrected chi connectivity index (χ1v) is 18.6. The Hall–Kier alpha value is -7.16. The van der Waals surface area contributed by atoms with Gasteiger partial charge in [0.1, 0.15) is 0 Å². The van der Waals surface area contributed by atoms with Crippen LogP contribution in [0, 0.1) is 0 Å². The van der Waals surface area contributed by atoms with Crippen LogP contribution >= 0.6 is 0 Å². The average Bonchev–Trinajstić information content (AvgIpc) is 3.78. The van der Waals surface area contributed by atoms with E-state index in [1.54, 1.807) is 0 Å². The minimum atomic E-state index is 1.15. The number of benzene rings is 9. The zero-order chi connectivity index (χ0) is 35.6. The van der Waals surface area contributed by atoms with Crippen LogP contribution in [0.25, 0.3) is 99.1 Å². The van der Waals surface area contributed by atoms with Crippen LogP contribution in [0.4, 0.5) is 0 Å². The van der Waals surface area contributed by atoms with Crippen molar-refractivity contribution < 1.29 is 0 Å². The second-order valence-corrected chi connectivity index (χ2v) is 14.1. The van der Waals surface area contributed by atoms with Gasteiger partial charge in [-0.1, -0.05) is 146 Å². The Balaban J connectivity index is 1.12. The molecule has 0 saturated carbocycles. The predicted molar refractivity (Wildman–Crippen MR) is 229 cm³/mol. The molecule has 2 nitrogen and oxygen atoms in total. The Kier molecular flexibility index (Phi) is 6.90. The second-order valence-electron chi connectivity index (χ2n) is 14.1. The van der Waals surface area contributed by atoms with Gasteiger partial charge in [0, 0.05) is 38.3 Å². The van der Waals surface area contributed by atoms with E-state index in [0.717, 1.165) is 5.69 Å². The van der Waals surface area contributed by atoms with Crippen molar-refractivity contribution in [1.29, 1.82) is 0 Å². The summed E-state index contributed by atoms with van der Waals surface area (Å²) in [5.41, 5.74) is 14.4. The summed E-state index contributed by atoms with van der Waals surface area (Å²) in [6, 6.07) is 75.1. The monoisotopic (exact) mass is 686 g/mol. The van der Waals surface area contributed by atoms with Crippen LogP contribution in [0.5, 0.6) is 0 Å². The molecule has 54 heavy (non-hydrogen) atoms. The highest BCUT2D eigenvalue weighted by atomic mass is 15.0. The van der Waals surface area contributed by atoms with Crippen molar-refractivity contribution in [1.82, 2.24) is 9.13 Å². The molecule has 0 N–H and O–H groups in total. The zero-order valence-corrected chi connectivity index (χ0v) is 29.5. The van der Waals surface area contributed by atoms with Gasteiger partial charge in [-0.3, -0.25) is 0 Å². The van der Waals surface area contributed by atoms with Crippen LogP contribution in [0.2, 0.25) is 0 Å². The Morgan fingerprint density at radius 2 is 0.685 bits per heavy atom. The first-order chi connectivity index (χ1) is 26.8. The smallest absolute Gasteiger partial charge is 0.0619 e. The summed E-state index contributed by atoms with van der Waals surface area (Å²) < 4.78 is 4.87. The standard InChI is InChI=1S/C52H34N2/c1-4-14-35(15-5-1)38-32-39(36-16-6-2-7-17-36)34-40(33-38)37-24-26-42(27-25-37)54-48-22-12-10-20-43(48)45-29-28-44-46(52(45)54)30-31-50-51(44)47-21-11-13-23-49(47)53(50)41-18-8-3-9-19-41/h1-34H. The fourth-order valence-electron chi connectivity index (χ4n) is 8.65. The van der Waals surface area contributed by atoms with E-state index in [2.05, 4.69) is 215 Å². The molecule has 252 valence electrons. The van der Waals surface area contributed by atoms with E-state index < -0.39 is 0 Å². The van der Waals surface area contributed by atoms with Gasteiger partial charge in [-0.05, 0) is 99.4 Å². The Morgan fingerprint density at radius 1 is 0.241 bits per heavy atom. The molecular weight excluding hydrogens is 653 g/mol. The van der Waals surface area contributed by atoms with E-state index in [4.69, 9.17) is 0 Å². The third-order valence-corrected chi connectivity index (χ3v) is 11.1. The predicted octanol–water partition coefficient (Wildman–Crippen LogP) is 14.0. The SMILES string of the molecule is c1ccc(-c2cc(-c3ccccc3)cc(-c3ccc(-n4c5ccccc5c5ccc6c(ccc7c6c6ccccc6n7-c6ccccc6)c54)cc3)c2)cc1. The van der Waals surface area contributed by atoms with E-state index in [1.165, 1.54) is 93.5 Å². The number of hydrogen-bond acceptors (Lipinski definition) is 0. The van der Waals surface area contributed by atoms with Gasteiger partial charge >= 0.3 is 0 Å². The topological polar surface area (TPSA) is 9.86 Å². The highest BCUT2D eigenvalue weighted by Crippen LogP contribution is 2.42. The molecule has 2 heteroatoms. The fraction of sp³-hybridized carbons (Fsp3) is 0. The summed E-state index contributed by atoms with van der Waals surface area (Å²) in [5, 5.41) is 7.58. The maximum absolute atomic E-state index is 2.47. The van der Waals surface area contributed by atoms with Crippen LogP contribution in [0.1, 0.15) is 0 Å². The summed E-state index contributed by atoms with van der Waals surface area (Å²) in [5.74, 6) is 0. The van der Waals surface area contributed by atoms with Gasteiger partial charge in [0.2, 0.25) is 0 Å². The van der Waals surface area contributed by atoms with Gasteiger partial charge in [-0.15, -0.1) is 0 Å². The first kappa shape index (κ1) is 30.5. The van der Waals surface area contributed by atoms with Crippen molar-refractivity contribution in [3.8, 4) is 44.8 Å². The van der Waals surface area contributed by atoms with Gasteiger partial charge in [-0.25, -0.2) is 0 Å². The van der Waals surface area contributed by atoms with Crippen LogP contribution < -0.4 is 0 Å². The molecular formula is C52H34N2. The molecule has 11 rings (SSSR count). The molecule has 9 aromatic carbocycles. The van der Waals surface area contributed by atoms with Crippen LogP contribution in [0.15, 0.2) is 206 Å². The molecule has 0 aliphatic rings. The normalized spacial score (nSPS) is 11.7. The average molecular weight is 687 g/mol. The summed E-state index contributed by atoms with van der Waals surface area (Å²) in [7, 11) is 0. The summed E-state index contributed by atoms with van der Waals surface area (Å²) in [4.78, 5) is 0. The molecule has 0 aliphatic carbocycles. The van der Waals surface area contributed by atoms with Gasteiger partial charge in [0.15, 0.2) is 0 Å². The first-order valence-electron chi connectivity index (χ1n) is 18.6. The summed E-state index contributed by atoms with van der Waals surface area (Å²) >= 11 is 0. The Labute approximate surface area is 313 Å². The highest BCUT2D eigenvalue weighted by Gasteiger charge is 2.19. The molecule has 0 fully saturated rings. The lowest BCUT2D eigenvalue weighted by molar-refractivity contribution is 1.18. The molecule has 0 radical (unpaired) electrons. The van der Waals surface area contributed by atoms with E-state index in [-0.39, 0.29) is 0 Å². The van der Waals surface area contributed by atoms with Crippen molar-refractivity contribution in [3.63, 3.8) is 0 Å². The molecule has 0 spiro atoms. The minimum Gasteiger partial charge on any atom is -0.309 e. The minimum absolute atomic E-state index is 1.15. The van der Waals surface area contributed by atoms with Crippen molar-refractivity contribution in [2.24, 2.45) is 0 Å². The lowest BCUT2D eigenvalue weighted by Gasteiger charge is -2.14. The number of para-hydroxylation sites is 3. The summed E-state index contributed by atoms with van der Waals surface area (Å²) in [6.07, 6.45) is 0. The lowest BCUT2D eigenvalue weighted by Crippen LogP contribution is -1.95. The van der Waals surface area contributed by atoms with E-state index in [9.17, 15) is 0 Å². The molecule has 0 aliphatic heterocycles. The number of nitrogens with zero attached hydrogens (tertiary/aromatic N) is 2. The lowest BCUT2D eigenvalue weighted by atomic mass is 9.93. The Morgan fingerprint density at radius 3 is 1.31 bits per heavy atom. The van der Waals surface area contributed by atoms with Crippen molar-refractivity contribution in [2.75, 3.05) is 0 Å². The quantitative estimate of drug-likeness (QED) is 0.171. The van der Waals surface area contributed by atoms with E-state index >= 15 is 0 Å². The molecule has 0 bridgehead atoms. The van der Waals surface area contributed by atoms with Gasteiger partial charge in [-0.2, -0.15) is 0 Å². The highest BCUT2D eigenvalue weighted by molar-refractivity contribution is 6.28. The summed E-state index contributed by atoms with van der Waals surface area (Å²) in [6.45, 7) is 0. The van der Waals surface area contributed by atoms with E-state index in [0.29, 0.717) is 0 Å². The zero-order valence-electron chi connectivity index (χ0n) is 29.5.